The maximum absolute atomic E-state index is 13.2. The van der Waals surface area contributed by atoms with Gasteiger partial charge in [-0.2, -0.15) is 0 Å². The Morgan fingerprint density at radius 2 is 1.84 bits per heavy atom. The van der Waals surface area contributed by atoms with Gasteiger partial charge in [-0.1, -0.05) is 11.6 Å². The molecule has 98 valence electrons. The van der Waals surface area contributed by atoms with Crippen LogP contribution in [0.25, 0.3) is 0 Å². The van der Waals surface area contributed by atoms with Crippen LogP contribution >= 0.6 is 11.6 Å². The van der Waals surface area contributed by atoms with Gasteiger partial charge in [0.1, 0.15) is 17.3 Å². The van der Waals surface area contributed by atoms with Gasteiger partial charge < -0.3 is 15.6 Å². The van der Waals surface area contributed by atoms with Crippen LogP contribution in [0, 0.1) is 5.82 Å². The molecule has 0 radical (unpaired) electrons. The molecule has 0 saturated carbocycles. The number of rotatable bonds is 3. The molecule has 0 bridgehead atoms. The summed E-state index contributed by atoms with van der Waals surface area (Å²) in [5.74, 6) is -1.18. The van der Waals surface area contributed by atoms with Gasteiger partial charge in [-0.15, -0.1) is 0 Å². The van der Waals surface area contributed by atoms with E-state index in [1.807, 2.05) is 0 Å². The molecular weight excluding hydrogens is 273 g/mol. The van der Waals surface area contributed by atoms with E-state index in [1.54, 1.807) is 0 Å². The van der Waals surface area contributed by atoms with Gasteiger partial charge in [0.25, 0.3) is 0 Å². The average Bonchev–Trinajstić information content (AvgIpc) is 2.33. The number of anilines is 1. The molecule has 0 spiro atoms. The Balaban J connectivity index is 2.26. The highest BCUT2D eigenvalue weighted by molar-refractivity contribution is 6.30. The molecule has 0 aliphatic rings. The molecule has 0 amide bonds. The van der Waals surface area contributed by atoms with Crippen LogP contribution in [0.4, 0.5) is 10.1 Å². The van der Waals surface area contributed by atoms with Gasteiger partial charge in [-0.3, -0.25) is 0 Å². The Labute approximate surface area is 113 Å². The van der Waals surface area contributed by atoms with Crippen LogP contribution in [0.5, 0.6) is 11.5 Å². The predicted molar refractivity (Wildman–Crippen MR) is 69.3 cm³/mol. The van der Waals surface area contributed by atoms with E-state index in [-0.39, 0.29) is 22.0 Å². The second kappa shape index (κ2) is 5.16. The van der Waals surface area contributed by atoms with Crippen LogP contribution in [0.15, 0.2) is 36.4 Å². The molecule has 6 heteroatoms. The Morgan fingerprint density at radius 3 is 2.42 bits per heavy atom. The smallest absolute Gasteiger partial charge is 0.337 e. The van der Waals surface area contributed by atoms with Crippen LogP contribution in [0.3, 0.4) is 0 Å². The van der Waals surface area contributed by atoms with Crippen molar-refractivity contribution >= 4 is 23.3 Å². The summed E-state index contributed by atoms with van der Waals surface area (Å²) in [7, 11) is 0. The largest absolute Gasteiger partial charge is 0.478 e. The molecule has 19 heavy (non-hydrogen) atoms. The highest BCUT2D eigenvalue weighted by Crippen LogP contribution is 2.27. The van der Waals surface area contributed by atoms with Gasteiger partial charge in [0.15, 0.2) is 0 Å². The monoisotopic (exact) mass is 281 g/mol. The second-order valence-corrected chi connectivity index (χ2v) is 4.14. The Hall–Kier alpha value is -2.27. The fourth-order valence-corrected chi connectivity index (χ4v) is 1.59. The number of nitrogen functional groups attached to an aromatic ring is 1. The number of carboxylic acids is 1. The lowest BCUT2D eigenvalue weighted by Gasteiger charge is -2.08. The van der Waals surface area contributed by atoms with E-state index in [9.17, 15) is 9.18 Å². The number of nitrogens with two attached hydrogens (primary N) is 1. The first-order chi connectivity index (χ1) is 8.97. The summed E-state index contributed by atoms with van der Waals surface area (Å²) in [6, 6.07) is 8.10. The molecule has 4 nitrogen and oxygen atoms in total. The zero-order valence-electron chi connectivity index (χ0n) is 9.56. The van der Waals surface area contributed by atoms with E-state index >= 15 is 0 Å². The van der Waals surface area contributed by atoms with E-state index in [2.05, 4.69) is 0 Å². The Morgan fingerprint density at radius 1 is 1.21 bits per heavy atom. The first-order valence-electron chi connectivity index (χ1n) is 5.23. The Kier molecular flexibility index (Phi) is 3.57. The number of halogens is 2. The summed E-state index contributed by atoms with van der Waals surface area (Å²) in [5, 5.41) is 8.82. The zero-order valence-corrected chi connectivity index (χ0v) is 10.3. The number of benzene rings is 2. The minimum atomic E-state index is -1.12. The molecule has 3 N–H and O–H groups in total. The van der Waals surface area contributed by atoms with Gasteiger partial charge in [0.2, 0.25) is 0 Å². The van der Waals surface area contributed by atoms with Crippen molar-refractivity contribution in [1.82, 2.24) is 0 Å². The van der Waals surface area contributed by atoms with Gasteiger partial charge in [-0.05, 0) is 24.3 Å². The molecule has 0 atom stereocenters. The predicted octanol–water partition coefficient (Wildman–Crippen LogP) is 3.55. The van der Waals surface area contributed by atoms with Crippen molar-refractivity contribution in [3.63, 3.8) is 0 Å². The number of carboxylic acid groups (broad SMARTS) is 1. The van der Waals surface area contributed by atoms with Crippen LogP contribution in [-0.2, 0) is 0 Å². The van der Waals surface area contributed by atoms with E-state index in [1.165, 1.54) is 30.3 Å². The number of aromatic carboxylic acids is 1. The average molecular weight is 282 g/mol. The highest BCUT2D eigenvalue weighted by atomic mass is 35.5. The molecule has 0 unspecified atom stereocenters. The SMILES string of the molecule is Nc1cc(Oc2ccc(Cl)c(F)c2)ccc1C(=O)O. The van der Waals surface area contributed by atoms with Crippen molar-refractivity contribution in [2.75, 3.05) is 5.73 Å². The van der Waals surface area contributed by atoms with Crippen LogP contribution in [0.1, 0.15) is 10.4 Å². The molecule has 0 aliphatic carbocycles. The van der Waals surface area contributed by atoms with E-state index < -0.39 is 11.8 Å². The summed E-state index contributed by atoms with van der Waals surface area (Å²) in [6.07, 6.45) is 0. The molecule has 2 rings (SSSR count). The second-order valence-electron chi connectivity index (χ2n) is 3.73. The molecule has 0 aliphatic heterocycles. The fourth-order valence-electron chi connectivity index (χ4n) is 1.48. The van der Waals surface area contributed by atoms with Gasteiger partial charge in [0, 0.05) is 17.8 Å². The number of hydrogen-bond acceptors (Lipinski definition) is 3. The molecular formula is C13H9ClFNO3. The molecule has 0 fully saturated rings. The summed E-state index contributed by atoms with van der Waals surface area (Å²) in [4.78, 5) is 10.8. The first kappa shape index (κ1) is 13.2. The van der Waals surface area contributed by atoms with Crippen molar-refractivity contribution < 1.29 is 19.0 Å². The van der Waals surface area contributed by atoms with Crippen molar-refractivity contribution in [1.29, 1.82) is 0 Å². The quantitative estimate of drug-likeness (QED) is 0.844. The lowest BCUT2D eigenvalue weighted by molar-refractivity contribution is 0.0698. The third-order valence-corrected chi connectivity index (χ3v) is 2.69. The maximum Gasteiger partial charge on any atom is 0.337 e. The van der Waals surface area contributed by atoms with Crippen LogP contribution in [0.2, 0.25) is 5.02 Å². The standard InChI is InChI=1S/C13H9ClFNO3/c14-10-4-2-7(5-11(10)15)19-8-1-3-9(13(17)18)12(16)6-8/h1-6H,16H2,(H,17,18). The van der Waals surface area contributed by atoms with E-state index in [4.69, 9.17) is 27.2 Å². The summed E-state index contributed by atoms with van der Waals surface area (Å²) < 4.78 is 18.6. The number of ether oxygens (including phenoxy) is 1. The lowest BCUT2D eigenvalue weighted by Crippen LogP contribution is -2.02. The normalized spacial score (nSPS) is 10.2. The summed E-state index contributed by atoms with van der Waals surface area (Å²) in [6.45, 7) is 0. The van der Waals surface area contributed by atoms with Gasteiger partial charge in [0.05, 0.1) is 10.6 Å². The zero-order chi connectivity index (χ0) is 14.0. The van der Waals surface area contributed by atoms with Crippen molar-refractivity contribution in [2.24, 2.45) is 0 Å². The maximum atomic E-state index is 13.2. The van der Waals surface area contributed by atoms with E-state index in [0.717, 1.165) is 6.07 Å². The summed E-state index contributed by atoms with van der Waals surface area (Å²) in [5.41, 5.74) is 5.62. The van der Waals surface area contributed by atoms with E-state index in [0.29, 0.717) is 5.75 Å². The Bertz CT molecular complexity index is 646. The minimum Gasteiger partial charge on any atom is -0.478 e. The third kappa shape index (κ3) is 2.95. The summed E-state index contributed by atoms with van der Waals surface area (Å²) >= 11 is 5.55. The first-order valence-corrected chi connectivity index (χ1v) is 5.61. The molecule has 0 saturated heterocycles. The minimum absolute atomic E-state index is 0.00640. The van der Waals surface area contributed by atoms with Gasteiger partial charge >= 0.3 is 5.97 Å². The topological polar surface area (TPSA) is 72.5 Å². The van der Waals surface area contributed by atoms with Crippen molar-refractivity contribution in [3.05, 3.63) is 52.8 Å². The van der Waals surface area contributed by atoms with Crippen molar-refractivity contribution in [3.8, 4) is 11.5 Å². The number of carbonyl (C=O) groups is 1. The fraction of sp³-hybridized carbons (Fsp3) is 0. The molecule has 2 aromatic carbocycles. The van der Waals surface area contributed by atoms with Crippen LogP contribution in [-0.4, -0.2) is 11.1 Å². The van der Waals surface area contributed by atoms with Crippen molar-refractivity contribution in [2.45, 2.75) is 0 Å². The highest BCUT2D eigenvalue weighted by Gasteiger charge is 2.09. The molecule has 2 aromatic rings. The molecule has 0 heterocycles. The van der Waals surface area contributed by atoms with Crippen LogP contribution < -0.4 is 10.5 Å². The molecule has 0 aromatic heterocycles. The number of hydrogen-bond donors (Lipinski definition) is 2. The van der Waals surface area contributed by atoms with Gasteiger partial charge in [-0.25, -0.2) is 9.18 Å². The third-order valence-electron chi connectivity index (χ3n) is 2.38. The lowest BCUT2D eigenvalue weighted by atomic mass is 10.2.